The topological polar surface area (TPSA) is 83.6 Å². The Balaban J connectivity index is 2.30. The van der Waals surface area contributed by atoms with Crippen LogP contribution in [0.2, 0.25) is 0 Å². The Kier molecular flexibility index (Phi) is 4.72. The summed E-state index contributed by atoms with van der Waals surface area (Å²) in [4.78, 5) is 0.220. The zero-order valence-corrected chi connectivity index (χ0v) is 13.8. The summed E-state index contributed by atoms with van der Waals surface area (Å²) in [5, 5.41) is 3.01. The number of nitrogens with one attached hydrogen (secondary N) is 1. The van der Waals surface area contributed by atoms with Crippen molar-refractivity contribution in [1.29, 1.82) is 0 Å². The SMILES string of the molecule is CNCc1cc(S(=O)(=O)N2CCS(=O)(=O)CC2)ccc1C. The molecule has 1 saturated heterocycles. The van der Waals surface area contributed by atoms with Crippen molar-refractivity contribution in [2.75, 3.05) is 31.6 Å². The molecule has 1 aliphatic rings. The van der Waals surface area contributed by atoms with Crippen LogP contribution in [0.5, 0.6) is 0 Å². The molecular weight excluding hydrogens is 312 g/mol. The Morgan fingerprint density at radius 2 is 1.86 bits per heavy atom. The second kappa shape index (κ2) is 6.04. The molecule has 1 aliphatic heterocycles. The first-order chi connectivity index (χ1) is 9.76. The van der Waals surface area contributed by atoms with Crippen LogP contribution in [-0.4, -0.2) is 52.8 Å². The summed E-state index contributed by atoms with van der Waals surface area (Å²) in [6, 6.07) is 5.01. The number of benzene rings is 1. The van der Waals surface area contributed by atoms with Crippen LogP contribution in [-0.2, 0) is 26.4 Å². The number of sulfonamides is 1. The van der Waals surface area contributed by atoms with Gasteiger partial charge >= 0.3 is 0 Å². The van der Waals surface area contributed by atoms with Gasteiger partial charge in [-0.1, -0.05) is 6.07 Å². The van der Waals surface area contributed by atoms with Gasteiger partial charge in [0.25, 0.3) is 0 Å². The average molecular weight is 332 g/mol. The van der Waals surface area contributed by atoms with Crippen LogP contribution in [0.15, 0.2) is 23.1 Å². The Labute approximate surface area is 126 Å². The molecule has 1 fully saturated rings. The maximum Gasteiger partial charge on any atom is 0.243 e. The fraction of sp³-hybridized carbons (Fsp3) is 0.538. The first-order valence-electron chi connectivity index (χ1n) is 6.71. The minimum Gasteiger partial charge on any atom is -0.316 e. The number of aryl methyl sites for hydroxylation is 1. The standard InChI is InChI=1S/C13H20N2O4S2/c1-11-3-4-13(9-12(11)10-14-2)21(18,19)15-5-7-20(16,17)8-6-15/h3-4,9,14H,5-8,10H2,1-2H3. The molecule has 0 radical (unpaired) electrons. The molecule has 21 heavy (non-hydrogen) atoms. The van der Waals surface area contributed by atoms with Gasteiger partial charge in [-0.3, -0.25) is 0 Å². The van der Waals surface area contributed by atoms with Crippen LogP contribution in [0.1, 0.15) is 11.1 Å². The molecule has 8 heteroatoms. The van der Waals surface area contributed by atoms with E-state index in [2.05, 4.69) is 5.32 Å². The van der Waals surface area contributed by atoms with Crippen molar-refractivity contribution in [2.45, 2.75) is 18.4 Å². The molecule has 0 aliphatic carbocycles. The highest BCUT2D eigenvalue weighted by atomic mass is 32.2. The monoisotopic (exact) mass is 332 g/mol. The van der Waals surface area contributed by atoms with E-state index in [4.69, 9.17) is 0 Å². The molecule has 0 saturated carbocycles. The zero-order chi connectivity index (χ0) is 15.7. The summed E-state index contributed by atoms with van der Waals surface area (Å²) in [7, 11) is -4.92. The molecule has 1 heterocycles. The summed E-state index contributed by atoms with van der Waals surface area (Å²) >= 11 is 0. The van der Waals surface area contributed by atoms with Gasteiger partial charge in [0.05, 0.1) is 16.4 Å². The van der Waals surface area contributed by atoms with E-state index in [1.165, 1.54) is 4.31 Å². The van der Waals surface area contributed by atoms with Crippen molar-refractivity contribution in [2.24, 2.45) is 0 Å². The maximum absolute atomic E-state index is 12.6. The molecule has 1 aromatic rings. The van der Waals surface area contributed by atoms with E-state index in [-0.39, 0.29) is 29.5 Å². The molecule has 0 amide bonds. The van der Waals surface area contributed by atoms with E-state index < -0.39 is 19.9 Å². The van der Waals surface area contributed by atoms with Crippen LogP contribution in [0.3, 0.4) is 0 Å². The van der Waals surface area contributed by atoms with Gasteiger partial charge in [-0.25, -0.2) is 16.8 Å². The summed E-state index contributed by atoms with van der Waals surface area (Å²) in [5.74, 6) is -0.219. The van der Waals surface area contributed by atoms with E-state index in [9.17, 15) is 16.8 Å². The number of rotatable bonds is 4. The minimum atomic E-state index is -3.63. The number of hydrogen-bond acceptors (Lipinski definition) is 5. The first-order valence-corrected chi connectivity index (χ1v) is 9.97. The fourth-order valence-electron chi connectivity index (χ4n) is 2.27. The minimum absolute atomic E-state index is 0.0277. The highest BCUT2D eigenvalue weighted by Gasteiger charge is 2.31. The van der Waals surface area contributed by atoms with E-state index in [0.717, 1.165) is 11.1 Å². The Morgan fingerprint density at radius 3 is 2.43 bits per heavy atom. The third kappa shape index (κ3) is 3.63. The lowest BCUT2D eigenvalue weighted by atomic mass is 10.1. The number of hydrogen-bond donors (Lipinski definition) is 1. The summed E-state index contributed by atoms with van der Waals surface area (Å²) in [5.41, 5.74) is 1.94. The molecule has 0 aromatic heterocycles. The maximum atomic E-state index is 12.6. The highest BCUT2D eigenvalue weighted by Crippen LogP contribution is 2.21. The Hall–Kier alpha value is -0.960. The van der Waals surface area contributed by atoms with Gasteiger partial charge in [-0.2, -0.15) is 4.31 Å². The van der Waals surface area contributed by atoms with Gasteiger partial charge in [0.1, 0.15) is 0 Å². The fourth-order valence-corrected chi connectivity index (χ4v) is 5.20. The van der Waals surface area contributed by atoms with Crippen molar-refractivity contribution < 1.29 is 16.8 Å². The Morgan fingerprint density at radius 1 is 1.24 bits per heavy atom. The van der Waals surface area contributed by atoms with Crippen LogP contribution in [0.25, 0.3) is 0 Å². The quantitative estimate of drug-likeness (QED) is 0.847. The normalized spacial score (nSPS) is 19.5. The molecule has 1 aromatic carbocycles. The predicted molar refractivity (Wildman–Crippen MR) is 81.4 cm³/mol. The second-order valence-electron chi connectivity index (χ2n) is 5.17. The highest BCUT2D eigenvalue weighted by molar-refractivity contribution is 7.92. The molecule has 0 spiro atoms. The Bertz CT molecular complexity index is 713. The summed E-state index contributed by atoms with van der Waals surface area (Å²) < 4.78 is 49.2. The molecule has 0 unspecified atom stereocenters. The van der Waals surface area contributed by atoms with Gasteiger partial charge in [0, 0.05) is 19.6 Å². The summed E-state index contributed by atoms with van der Waals surface area (Å²) in [6.07, 6.45) is 0. The van der Waals surface area contributed by atoms with Gasteiger partial charge in [-0.05, 0) is 37.2 Å². The van der Waals surface area contributed by atoms with E-state index in [1.54, 1.807) is 25.2 Å². The van der Waals surface area contributed by atoms with Crippen molar-refractivity contribution in [1.82, 2.24) is 9.62 Å². The van der Waals surface area contributed by atoms with Crippen LogP contribution >= 0.6 is 0 Å². The third-order valence-corrected chi connectivity index (χ3v) is 7.13. The van der Waals surface area contributed by atoms with Crippen LogP contribution < -0.4 is 5.32 Å². The number of nitrogens with zero attached hydrogens (tertiary/aromatic N) is 1. The smallest absolute Gasteiger partial charge is 0.243 e. The second-order valence-corrected chi connectivity index (χ2v) is 9.42. The lowest BCUT2D eigenvalue weighted by Gasteiger charge is -2.26. The van der Waals surface area contributed by atoms with Crippen LogP contribution in [0.4, 0.5) is 0 Å². The van der Waals surface area contributed by atoms with E-state index in [0.29, 0.717) is 6.54 Å². The molecule has 0 atom stereocenters. The third-order valence-electron chi connectivity index (χ3n) is 3.63. The van der Waals surface area contributed by atoms with Gasteiger partial charge in [0.15, 0.2) is 9.84 Å². The van der Waals surface area contributed by atoms with Gasteiger partial charge < -0.3 is 5.32 Å². The van der Waals surface area contributed by atoms with Gasteiger partial charge in [0.2, 0.25) is 10.0 Å². The lowest BCUT2D eigenvalue weighted by Crippen LogP contribution is -2.43. The molecule has 0 bridgehead atoms. The van der Waals surface area contributed by atoms with Gasteiger partial charge in [-0.15, -0.1) is 0 Å². The lowest BCUT2D eigenvalue weighted by molar-refractivity contribution is 0.430. The first kappa shape index (κ1) is 16.4. The molecule has 6 nitrogen and oxygen atoms in total. The number of sulfone groups is 1. The zero-order valence-electron chi connectivity index (χ0n) is 12.2. The average Bonchev–Trinajstić information content (AvgIpc) is 2.41. The van der Waals surface area contributed by atoms with Crippen molar-refractivity contribution in [3.8, 4) is 0 Å². The predicted octanol–water partition coefficient (Wildman–Crippen LogP) is 0.134. The van der Waals surface area contributed by atoms with Crippen LogP contribution in [0, 0.1) is 6.92 Å². The van der Waals surface area contributed by atoms with Crippen molar-refractivity contribution >= 4 is 19.9 Å². The molecule has 118 valence electrons. The van der Waals surface area contributed by atoms with E-state index >= 15 is 0 Å². The molecule has 1 N–H and O–H groups in total. The molecule has 2 rings (SSSR count). The van der Waals surface area contributed by atoms with E-state index in [1.807, 2.05) is 6.92 Å². The largest absolute Gasteiger partial charge is 0.316 e. The van der Waals surface area contributed by atoms with Crippen molar-refractivity contribution in [3.05, 3.63) is 29.3 Å². The summed E-state index contributed by atoms with van der Waals surface area (Å²) in [6.45, 7) is 2.57. The van der Waals surface area contributed by atoms with Crippen molar-refractivity contribution in [3.63, 3.8) is 0 Å². The molecular formula is C13H20N2O4S2.